The SMILES string of the molecule is COc1ccc(Cl)cc1CC(CCl)C1CCS(=O)(=O)C1. The summed E-state index contributed by atoms with van der Waals surface area (Å²) in [4.78, 5) is 0. The highest BCUT2D eigenvalue weighted by Gasteiger charge is 2.33. The molecular formula is C14H18Cl2O3S. The van der Waals surface area contributed by atoms with Gasteiger partial charge in [0, 0.05) is 10.9 Å². The molecule has 2 unspecified atom stereocenters. The van der Waals surface area contributed by atoms with Crippen LogP contribution in [0.2, 0.25) is 5.02 Å². The molecule has 0 saturated carbocycles. The van der Waals surface area contributed by atoms with Crippen molar-refractivity contribution in [3.05, 3.63) is 28.8 Å². The molecule has 0 aromatic heterocycles. The Morgan fingerprint density at radius 1 is 1.45 bits per heavy atom. The van der Waals surface area contributed by atoms with Gasteiger partial charge in [-0.2, -0.15) is 0 Å². The molecule has 2 rings (SSSR count). The smallest absolute Gasteiger partial charge is 0.150 e. The molecule has 3 nitrogen and oxygen atoms in total. The van der Waals surface area contributed by atoms with Crippen LogP contribution in [0.3, 0.4) is 0 Å². The molecule has 0 aliphatic carbocycles. The maximum absolute atomic E-state index is 11.6. The van der Waals surface area contributed by atoms with Crippen LogP contribution < -0.4 is 4.74 Å². The second-order valence-corrected chi connectivity index (χ2v) is 8.21. The summed E-state index contributed by atoms with van der Waals surface area (Å²) in [6.45, 7) is 0. The number of hydrogen-bond acceptors (Lipinski definition) is 3. The van der Waals surface area contributed by atoms with E-state index in [4.69, 9.17) is 27.9 Å². The zero-order valence-electron chi connectivity index (χ0n) is 11.3. The van der Waals surface area contributed by atoms with E-state index in [2.05, 4.69) is 0 Å². The van der Waals surface area contributed by atoms with Crippen molar-refractivity contribution in [2.75, 3.05) is 24.5 Å². The Morgan fingerprint density at radius 2 is 2.20 bits per heavy atom. The Morgan fingerprint density at radius 3 is 2.75 bits per heavy atom. The monoisotopic (exact) mass is 336 g/mol. The Bertz CT molecular complexity index is 572. The van der Waals surface area contributed by atoms with Gasteiger partial charge in [-0.3, -0.25) is 0 Å². The summed E-state index contributed by atoms with van der Waals surface area (Å²) in [6, 6.07) is 5.47. The van der Waals surface area contributed by atoms with Crippen molar-refractivity contribution in [2.24, 2.45) is 11.8 Å². The summed E-state index contributed by atoms with van der Waals surface area (Å²) in [7, 11) is -1.27. The van der Waals surface area contributed by atoms with Crippen LogP contribution in [0.4, 0.5) is 0 Å². The van der Waals surface area contributed by atoms with Crippen LogP contribution in [0.25, 0.3) is 0 Å². The third-order valence-electron chi connectivity index (χ3n) is 3.86. The first-order valence-electron chi connectivity index (χ1n) is 6.54. The molecule has 1 aliphatic rings. The van der Waals surface area contributed by atoms with Crippen molar-refractivity contribution in [3.8, 4) is 5.75 Å². The second-order valence-electron chi connectivity index (χ2n) is 5.24. The Balaban J connectivity index is 2.16. The third kappa shape index (κ3) is 3.80. The van der Waals surface area contributed by atoms with E-state index < -0.39 is 9.84 Å². The lowest BCUT2D eigenvalue weighted by atomic mass is 9.87. The maximum atomic E-state index is 11.6. The van der Waals surface area contributed by atoms with Gasteiger partial charge in [0.05, 0.1) is 18.6 Å². The average Bonchev–Trinajstić information content (AvgIpc) is 2.76. The maximum Gasteiger partial charge on any atom is 0.150 e. The fourth-order valence-corrected chi connectivity index (χ4v) is 5.21. The summed E-state index contributed by atoms with van der Waals surface area (Å²) >= 11 is 12.1. The molecule has 0 bridgehead atoms. The summed E-state index contributed by atoms with van der Waals surface area (Å²) in [5, 5.41) is 0.646. The number of sulfone groups is 1. The molecule has 20 heavy (non-hydrogen) atoms. The molecule has 112 valence electrons. The van der Waals surface area contributed by atoms with Crippen molar-refractivity contribution in [2.45, 2.75) is 12.8 Å². The number of ether oxygens (including phenoxy) is 1. The van der Waals surface area contributed by atoms with Crippen LogP contribution in [0.1, 0.15) is 12.0 Å². The lowest BCUT2D eigenvalue weighted by Crippen LogP contribution is -2.20. The Hall–Kier alpha value is -0.450. The van der Waals surface area contributed by atoms with Gasteiger partial charge in [0.2, 0.25) is 0 Å². The van der Waals surface area contributed by atoms with E-state index in [-0.39, 0.29) is 23.3 Å². The molecule has 1 aromatic carbocycles. The van der Waals surface area contributed by atoms with Crippen molar-refractivity contribution in [1.82, 2.24) is 0 Å². The van der Waals surface area contributed by atoms with E-state index in [9.17, 15) is 8.42 Å². The van der Waals surface area contributed by atoms with Gasteiger partial charge in [-0.1, -0.05) is 11.6 Å². The predicted octanol–water partition coefficient (Wildman–Crippen LogP) is 3.18. The standard InChI is InChI=1S/C14H18Cl2O3S/c1-19-14-3-2-13(16)7-11(14)6-12(8-15)10-4-5-20(17,18)9-10/h2-3,7,10,12H,4-6,8-9H2,1H3. The fourth-order valence-electron chi connectivity index (χ4n) is 2.73. The first-order chi connectivity index (χ1) is 9.45. The van der Waals surface area contributed by atoms with E-state index in [1.807, 2.05) is 12.1 Å². The summed E-state index contributed by atoms with van der Waals surface area (Å²) in [5.74, 6) is 1.98. The average molecular weight is 337 g/mol. The highest BCUT2D eigenvalue weighted by atomic mass is 35.5. The molecule has 0 spiro atoms. The van der Waals surface area contributed by atoms with Crippen molar-refractivity contribution in [1.29, 1.82) is 0 Å². The molecule has 2 atom stereocenters. The van der Waals surface area contributed by atoms with Gasteiger partial charge >= 0.3 is 0 Å². The zero-order chi connectivity index (χ0) is 14.8. The normalized spacial score (nSPS) is 22.6. The van der Waals surface area contributed by atoms with Crippen LogP contribution >= 0.6 is 23.2 Å². The lowest BCUT2D eigenvalue weighted by Gasteiger charge is -2.21. The van der Waals surface area contributed by atoms with E-state index in [1.54, 1.807) is 13.2 Å². The highest BCUT2D eigenvalue weighted by Crippen LogP contribution is 2.32. The zero-order valence-corrected chi connectivity index (χ0v) is 13.6. The van der Waals surface area contributed by atoms with E-state index in [0.717, 1.165) is 11.3 Å². The number of methoxy groups -OCH3 is 1. The molecule has 1 aromatic rings. The van der Waals surface area contributed by atoms with Gasteiger partial charge in [0.15, 0.2) is 9.84 Å². The second kappa shape index (κ2) is 6.54. The van der Waals surface area contributed by atoms with E-state index in [1.165, 1.54) is 0 Å². The first kappa shape index (κ1) is 15.9. The number of hydrogen-bond donors (Lipinski definition) is 0. The van der Waals surface area contributed by atoms with Crippen LogP contribution in [0.15, 0.2) is 18.2 Å². The molecule has 1 heterocycles. The molecule has 6 heteroatoms. The topological polar surface area (TPSA) is 43.4 Å². The van der Waals surface area contributed by atoms with Crippen LogP contribution in [0, 0.1) is 11.8 Å². The molecule has 0 amide bonds. The first-order valence-corrected chi connectivity index (χ1v) is 9.27. The fraction of sp³-hybridized carbons (Fsp3) is 0.571. The van der Waals surface area contributed by atoms with E-state index in [0.29, 0.717) is 23.7 Å². The number of rotatable bonds is 5. The minimum atomic E-state index is -2.88. The van der Waals surface area contributed by atoms with Crippen LogP contribution in [-0.2, 0) is 16.3 Å². The quantitative estimate of drug-likeness (QED) is 0.775. The number of halogens is 2. The van der Waals surface area contributed by atoms with Crippen molar-refractivity contribution >= 4 is 33.0 Å². The molecule has 0 radical (unpaired) electrons. The van der Waals surface area contributed by atoms with Crippen LogP contribution in [0.5, 0.6) is 5.75 Å². The van der Waals surface area contributed by atoms with Gasteiger partial charge in [0.25, 0.3) is 0 Å². The largest absolute Gasteiger partial charge is 0.496 e. The molecule has 1 saturated heterocycles. The molecule has 1 fully saturated rings. The predicted molar refractivity (Wildman–Crippen MR) is 82.7 cm³/mol. The summed E-state index contributed by atoms with van der Waals surface area (Å²) in [6.07, 6.45) is 1.38. The Kier molecular flexibility index (Phi) is 5.21. The third-order valence-corrected chi connectivity index (χ3v) is 6.28. The molecular weight excluding hydrogens is 319 g/mol. The van der Waals surface area contributed by atoms with Gasteiger partial charge < -0.3 is 4.74 Å². The highest BCUT2D eigenvalue weighted by molar-refractivity contribution is 7.91. The summed E-state index contributed by atoms with van der Waals surface area (Å²) < 4.78 is 28.5. The van der Waals surface area contributed by atoms with Crippen molar-refractivity contribution in [3.63, 3.8) is 0 Å². The van der Waals surface area contributed by atoms with E-state index >= 15 is 0 Å². The molecule has 0 N–H and O–H groups in total. The van der Waals surface area contributed by atoms with Gasteiger partial charge in [-0.05, 0) is 48.4 Å². The number of benzene rings is 1. The van der Waals surface area contributed by atoms with Crippen LogP contribution in [-0.4, -0.2) is 32.9 Å². The summed E-state index contributed by atoms with van der Waals surface area (Å²) in [5.41, 5.74) is 0.981. The van der Waals surface area contributed by atoms with Crippen molar-refractivity contribution < 1.29 is 13.2 Å². The Labute approximate surface area is 130 Å². The minimum absolute atomic E-state index is 0.126. The minimum Gasteiger partial charge on any atom is -0.496 e. The van der Waals surface area contributed by atoms with Gasteiger partial charge in [0.1, 0.15) is 5.75 Å². The number of alkyl halides is 1. The van der Waals surface area contributed by atoms with Gasteiger partial charge in [-0.15, -0.1) is 11.6 Å². The lowest BCUT2D eigenvalue weighted by molar-refractivity contribution is 0.377. The van der Waals surface area contributed by atoms with Gasteiger partial charge in [-0.25, -0.2) is 8.42 Å². The molecule has 1 aliphatic heterocycles.